The first-order valence-electron chi connectivity index (χ1n) is 10.3. The number of hydrogen-bond donors (Lipinski definition) is 3. The number of unbranched alkanes of at least 4 members (excludes halogenated alkanes) is 3. The summed E-state index contributed by atoms with van der Waals surface area (Å²) >= 11 is 12.7. The molecule has 3 aromatic rings. The summed E-state index contributed by atoms with van der Waals surface area (Å²) in [6.07, 6.45) is 4.54. The molecule has 0 bridgehead atoms. The van der Waals surface area contributed by atoms with Gasteiger partial charge in [0.05, 0.1) is 11.6 Å². The summed E-state index contributed by atoms with van der Waals surface area (Å²) in [4.78, 5) is 25.2. The molecule has 0 aliphatic heterocycles. The zero-order valence-corrected chi connectivity index (χ0v) is 20.0. The molecule has 0 saturated heterocycles. The zero-order valence-electron chi connectivity index (χ0n) is 17.6. The van der Waals surface area contributed by atoms with Crippen LogP contribution in [0.3, 0.4) is 0 Å². The van der Waals surface area contributed by atoms with Crippen LogP contribution in [0.25, 0.3) is 10.1 Å². The summed E-state index contributed by atoms with van der Waals surface area (Å²) in [6, 6.07) is 14.3. The molecule has 6 nitrogen and oxygen atoms in total. The first-order chi connectivity index (χ1) is 15.5. The van der Waals surface area contributed by atoms with E-state index in [1.807, 2.05) is 24.3 Å². The van der Waals surface area contributed by atoms with E-state index in [-0.39, 0.29) is 5.11 Å². The maximum absolute atomic E-state index is 12.4. The van der Waals surface area contributed by atoms with Crippen molar-refractivity contribution in [3.05, 3.63) is 64.0 Å². The summed E-state index contributed by atoms with van der Waals surface area (Å²) in [6.45, 7) is 2.82. The molecular weight excluding hydrogens is 466 g/mol. The average Bonchev–Trinajstić information content (AvgIpc) is 3.14. The Hall–Kier alpha value is -2.68. The molecule has 0 unspecified atom stereocenters. The minimum Gasteiger partial charge on any atom is -0.494 e. The second-order valence-corrected chi connectivity index (χ2v) is 8.88. The quantitative estimate of drug-likeness (QED) is 0.222. The minimum atomic E-state index is -0.437. The Morgan fingerprint density at radius 3 is 2.47 bits per heavy atom. The highest BCUT2D eigenvalue weighted by molar-refractivity contribution is 7.80. The third-order valence-electron chi connectivity index (χ3n) is 4.64. The van der Waals surface area contributed by atoms with Crippen LogP contribution in [0.4, 0.5) is 0 Å². The second-order valence-electron chi connectivity index (χ2n) is 7.04. The number of benzene rings is 2. The van der Waals surface area contributed by atoms with E-state index in [0.29, 0.717) is 27.8 Å². The minimum absolute atomic E-state index is 0.0307. The maximum atomic E-state index is 12.4. The number of fused-ring (bicyclic) bond motifs is 1. The average molecular weight is 490 g/mol. The van der Waals surface area contributed by atoms with Crippen LogP contribution in [0.5, 0.6) is 5.75 Å². The number of thiocarbonyl (C=S) groups is 1. The molecule has 2 aromatic carbocycles. The molecule has 1 heterocycles. The molecule has 2 amide bonds. The number of hydrogen-bond acceptors (Lipinski definition) is 5. The number of amides is 2. The summed E-state index contributed by atoms with van der Waals surface area (Å²) < 4.78 is 6.59. The molecule has 1 aromatic heterocycles. The van der Waals surface area contributed by atoms with Gasteiger partial charge >= 0.3 is 0 Å². The SMILES string of the molecule is CCCCCCOc1ccc(C(=O)NC(=S)NNC(=O)c2sc3ccccc3c2Cl)cc1. The topological polar surface area (TPSA) is 79.5 Å². The summed E-state index contributed by atoms with van der Waals surface area (Å²) in [5, 5.41) is 3.69. The van der Waals surface area contributed by atoms with Gasteiger partial charge in [0.1, 0.15) is 10.6 Å². The van der Waals surface area contributed by atoms with Gasteiger partial charge in [-0.3, -0.25) is 25.8 Å². The lowest BCUT2D eigenvalue weighted by atomic mass is 10.2. The summed E-state index contributed by atoms with van der Waals surface area (Å²) in [5.74, 6) is -0.120. The van der Waals surface area contributed by atoms with E-state index in [4.69, 9.17) is 28.6 Å². The Balaban J connectivity index is 1.46. The Morgan fingerprint density at radius 1 is 1.00 bits per heavy atom. The number of ether oxygens (including phenoxy) is 1. The smallest absolute Gasteiger partial charge is 0.281 e. The second kappa shape index (κ2) is 11.8. The van der Waals surface area contributed by atoms with E-state index in [1.54, 1.807) is 24.3 Å². The van der Waals surface area contributed by atoms with Crippen LogP contribution in [0.1, 0.15) is 52.6 Å². The van der Waals surface area contributed by atoms with Crippen LogP contribution in [0, 0.1) is 0 Å². The molecule has 0 fully saturated rings. The lowest BCUT2D eigenvalue weighted by Crippen LogP contribution is -2.48. The van der Waals surface area contributed by atoms with Crippen molar-refractivity contribution in [2.24, 2.45) is 0 Å². The lowest BCUT2D eigenvalue weighted by molar-refractivity contribution is 0.0938. The van der Waals surface area contributed by atoms with Crippen molar-refractivity contribution in [2.45, 2.75) is 32.6 Å². The van der Waals surface area contributed by atoms with Crippen molar-refractivity contribution in [3.8, 4) is 5.75 Å². The fraction of sp³-hybridized carbons (Fsp3) is 0.261. The van der Waals surface area contributed by atoms with E-state index < -0.39 is 11.8 Å². The highest BCUT2D eigenvalue weighted by atomic mass is 35.5. The molecule has 0 atom stereocenters. The molecule has 168 valence electrons. The summed E-state index contributed by atoms with van der Waals surface area (Å²) in [7, 11) is 0. The predicted molar refractivity (Wildman–Crippen MR) is 134 cm³/mol. The van der Waals surface area contributed by atoms with E-state index in [9.17, 15) is 9.59 Å². The van der Waals surface area contributed by atoms with Crippen molar-refractivity contribution in [2.75, 3.05) is 6.61 Å². The van der Waals surface area contributed by atoms with Crippen LogP contribution in [-0.4, -0.2) is 23.5 Å². The predicted octanol–water partition coefficient (Wildman–Crippen LogP) is 5.46. The number of carbonyl (C=O) groups is 2. The van der Waals surface area contributed by atoms with Crippen molar-refractivity contribution < 1.29 is 14.3 Å². The zero-order chi connectivity index (χ0) is 22.9. The highest BCUT2D eigenvalue weighted by Crippen LogP contribution is 2.34. The molecular formula is C23H24ClN3O3S2. The van der Waals surface area contributed by atoms with E-state index in [0.717, 1.165) is 22.9 Å². The Kier molecular flexibility index (Phi) is 8.84. The first-order valence-corrected chi connectivity index (χ1v) is 11.9. The van der Waals surface area contributed by atoms with Crippen molar-refractivity contribution in [3.63, 3.8) is 0 Å². The molecule has 0 spiro atoms. The number of halogens is 1. The standard InChI is InChI=1S/C23H24ClN3O3S2/c1-2-3-4-7-14-30-16-12-10-15(11-13-16)21(28)25-23(31)27-26-22(29)20-19(24)17-8-5-6-9-18(17)32-20/h5-6,8-13H,2-4,7,14H2,1H3,(H,26,29)(H2,25,27,28,31). The maximum Gasteiger partial charge on any atom is 0.281 e. The van der Waals surface area contributed by atoms with Crippen LogP contribution in [-0.2, 0) is 0 Å². The van der Waals surface area contributed by atoms with Gasteiger partial charge in [-0.15, -0.1) is 11.3 Å². The van der Waals surface area contributed by atoms with E-state index in [1.165, 1.54) is 24.2 Å². The molecule has 0 radical (unpaired) electrons. The van der Waals surface area contributed by atoms with Gasteiger partial charge in [-0.1, -0.05) is 56.0 Å². The molecule has 9 heteroatoms. The van der Waals surface area contributed by atoms with Crippen molar-refractivity contribution in [1.29, 1.82) is 0 Å². The van der Waals surface area contributed by atoms with Crippen LogP contribution in [0.2, 0.25) is 5.02 Å². The fourth-order valence-corrected chi connectivity index (χ4v) is 4.51. The van der Waals surface area contributed by atoms with Gasteiger partial charge in [-0.2, -0.15) is 0 Å². The molecule has 0 aliphatic carbocycles. The van der Waals surface area contributed by atoms with Crippen molar-refractivity contribution in [1.82, 2.24) is 16.2 Å². The normalized spacial score (nSPS) is 10.6. The Morgan fingerprint density at radius 2 is 1.75 bits per heavy atom. The molecule has 3 N–H and O–H groups in total. The Bertz CT molecular complexity index is 1100. The van der Waals surface area contributed by atoms with Gasteiger partial charge < -0.3 is 4.74 Å². The monoisotopic (exact) mass is 489 g/mol. The highest BCUT2D eigenvalue weighted by Gasteiger charge is 2.17. The Labute approximate surface area is 201 Å². The van der Waals surface area contributed by atoms with Gasteiger partial charge in [0.25, 0.3) is 11.8 Å². The fourth-order valence-electron chi connectivity index (χ4n) is 2.96. The van der Waals surface area contributed by atoms with E-state index in [2.05, 4.69) is 23.1 Å². The number of hydrazine groups is 1. The van der Waals surface area contributed by atoms with Gasteiger partial charge in [0.15, 0.2) is 5.11 Å². The van der Waals surface area contributed by atoms with Crippen LogP contribution < -0.4 is 20.9 Å². The number of nitrogens with one attached hydrogen (secondary N) is 3. The van der Waals surface area contributed by atoms with Gasteiger partial charge in [0, 0.05) is 15.6 Å². The van der Waals surface area contributed by atoms with Gasteiger partial charge in [0.2, 0.25) is 0 Å². The van der Waals surface area contributed by atoms with Gasteiger partial charge in [-0.25, -0.2) is 0 Å². The number of carbonyl (C=O) groups excluding carboxylic acids is 2. The van der Waals surface area contributed by atoms with Crippen molar-refractivity contribution >= 4 is 62.2 Å². The summed E-state index contributed by atoms with van der Waals surface area (Å²) in [5.41, 5.74) is 5.42. The van der Waals surface area contributed by atoms with Crippen LogP contribution in [0.15, 0.2) is 48.5 Å². The van der Waals surface area contributed by atoms with Crippen LogP contribution >= 0.6 is 35.2 Å². The third kappa shape index (κ3) is 6.41. The first kappa shape index (κ1) is 24.0. The molecule has 0 aliphatic rings. The lowest BCUT2D eigenvalue weighted by Gasteiger charge is -2.11. The van der Waals surface area contributed by atoms with Gasteiger partial charge in [-0.05, 0) is 49.0 Å². The number of rotatable bonds is 8. The molecule has 0 saturated carbocycles. The molecule has 3 rings (SSSR count). The third-order valence-corrected chi connectivity index (χ3v) is 6.52. The molecule has 32 heavy (non-hydrogen) atoms. The van der Waals surface area contributed by atoms with E-state index >= 15 is 0 Å². The largest absolute Gasteiger partial charge is 0.494 e. The number of thiophene rings is 1.